The van der Waals surface area contributed by atoms with Gasteiger partial charge in [-0.25, -0.2) is 0 Å². The Morgan fingerprint density at radius 3 is 1.81 bits per heavy atom. The molecule has 0 saturated carbocycles. The van der Waals surface area contributed by atoms with Crippen molar-refractivity contribution in [3.8, 4) is 17.2 Å². The van der Waals surface area contributed by atoms with E-state index in [1.807, 2.05) is 0 Å². The maximum absolute atomic E-state index is 12.3. The Labute approximate surface area is 151 Å². The zero-order valence-corrected chi connectivity index (χ0v) is 14.9. The maximum atomic E-state index is 12.3. The van der Waals surface area contributed by atoms with Gasteiger partial charge in [0.2, 0.25) is 5.75 Å². The molecule has 8 nitrogen and oxygen atoms in total. The van der Waals surface area contributed by atoms with Crippen LogP contribution in [0, 0.1) is 0 Å². The molecule has 1 aromatic carbocycles. The lowest BCUT2D eigenvalue weighted by atomic mass is 10.1. The summed E-state index contributed by atoms with van der Waals surface area (Å²) in [4.78, 5) is 28.1. The molecule has 0 aliphatic rings. The van der Waals surface area contributed by atoms with Gasteiger partial charge in [-0.3, -0.25) is 14.6 Å². The van der Waals surface area contributed by atoms with Crippen LogP contribution in [0.5, 0.6) is 17.2 Å². The monoisotopic (exact) mass is 359 g/mol. The van der Waals surface area contributed by atoms with Crippen LogP contribution in [-0.4, -0.2) is 51.2 Å². The fraction of sp³-hybridized carbons (Fsp3) is 0.278. The fourth-order valence-corrected chi connectivity index (χ4v) is 2.27. The third-order valence-electron chi connectivity index (χ3n) is 3.57. The highest BCUT2D eigenvalue weighted by atomic mass is 16.5. The van der Waals surface area contributed by atoms with Gasteiger partial charge in [-0.1, -0.05) is 0 Å². The second-order valence-corrected chi connectivity index (χ2v) is 5.16. The molecule has 0 radical (unpaired) electrons. The second kappa shape index (κ2) is 9.26. The van der Waals surface area contributed by atoms with Crippen molar-refractivity contribution < 1.29 is 23.8 Å². The predicted molar refractivity (Wildman–Crippen MR) is 95.0 cm³/mol. The third-order valence-corrected chi connectivity index (χ3v) is 3.57. The zero-order chi connectivity index (χ0) is 18.9. The number of hydrogen-bond acceptors (Lipinski definition) is 6. The van der Waals surface area contributed by atoms with Gasteiger partial charge in [-0.15, -0.1) is 0 Å². The Balaban J connectivity index is 1.92. The highest BCUT2D eigenvalue weighted by Gasteiger charge is 2.16. The van der Waals surface area contributed by atoms with E-state index in [9.17, 15) is 9.59 Å². The predicted octanol–water partition coefficient (Wildman–Crippen LogP) is 1.27. The first-order valence-electron chi connectivity index (χ1n) is 7.87. The molecule has 26 heavy (non-hydrogen) atoms. The van der Waals surface area contributed by atoms with Crippen LogP contribution in [0.15, 0.2) is 36.7 Å². The Kier molecular flexibility index (Phi) is 6.78. The molecule has 1 aromatic heterocycles. The fourth-order valence-electron chi connectivity index (χ4n) is 2.27. The minimum absolute atomic E-state index is 0.227. The number of amides is 2. The van der Waals surface area contributed by atoms with Crippen LogP contribution in [0.1, 0.15) is 20.7 Å². The van der Waals surface area contributed by atoms with Gasteiger partial charge in [-0.2, -0.15) is 0 Å². The summed E-state index contributed by atoms with van der Waals surface area (Å²) in [6.07, 6.45) is 3.09. The molecule has 0 atom stereocenters. The molecule has 138 valence electrons. The summed E-state index contributed by atoms with van der Waals surface area (Å²) < 4.78 is 15.7. The first-order chi connectivity index (χ1) is 12.6. The number of nitrogens with zero attached hydrogens (tertiary/aromatic N) is 1. The minimum atomic E-state index is -0.317. The van der Waals surface area contributed by atoms with Gasteiger partial charge in [0.05, 0.1) is 21.3 Å². The number of carbonyl (C=O) groups excluding carboxylic acids is 2. The summed E-state index contributed by atoms with van der Waals surface area (Å²) in [5.41, 5.74) is 0.871. The van der Waals surface area contributed by atoms with Crippen molar-refractivity contribution in [2.75, 3.05) is 34.4 Å². The molecule has 0 aliphatic heterocycles. The second-order valence-electron chi connectivity index (χ2n) is 5.16. The molecule has 0 fully saturated rings. The highest BCUT2D eigenvalue weighted by molar-refractivity contribution is 5.96. The molecular weight excluding hydrogens is 338 g/mol. The molecule has 0 aliphatic carbocycles. The van der Waals surface area contributed by atoms with E-state index in [0.29, 0.717) is 28.4 Å². The number of hydrogen-bond donors (Lipinski definition) is 2. The van der Waals surface area contributed by atoms with Crippen molar-refractivity contribution >= 4 is 11.8 Å². The van der Waals surface area contributed by atoms with Crippen LogP contribution < -0.4 is 24.8 Å². The number of ether oxygens (including phenoxy) is 3. The SMILES string of the molecule is COc1cc(C(=O)NCCNC(=O)c2ccncc2)cc(OC)c1OC. The van der Waals surface area contributed by atoms with E-state index < -0.39 is 0 Å². The molecule has 1 heterocycles. The molecule has 2 amide bonds. The van der Waals surface area contributed by atoms with Crippen molar-refractivity contribution in [3.05, 3.63) is 47.8 Å². The number of carbonyl (C=O) groups is 2. The maximum Gasteiger partial charge on any atom is 0.251 e. The molecule has 0 unspecified atom stereocenters. The van der Waals surface area contributed by atoms with Crippen LogP contribution in [-0.2, 0) is 0 Å². The molecule has 0 spiro atoms. The summed E-state index contributed by atoms with van der Waals surface area (Å²) in [6.45, 7) is 0.559. The van der Waals surface area contributed by atoms with Gasteiger partial charge in [0.15, 0.2) is 11.5 Å². The van der Waals surface area contributed by atoms with E-state index in [1.54, 1.807) is 36.7 Å². The number of rotatable bonds is 8. The molecule has 2 rings (SSSR count). The Morgan fingerprint density at radius 2 is 1.35 bits per heavy atom. The van der Waals surface area contributed by atoms with E-state index in [1.165, 1.54) is 21.3 Å². The van der Waals surface area contributed by atoms with Gasteiger partial charge >= 0.3 is 0 Å². The van der Waals surface area contributed by atoms with Crippen molar-refractivity contribution in [3.63, 3.8) is 0 Å². The number of nitrogens with one attached hydrogen (secondary N) is 2. The van der Waals surface area contributed by atoms with Gasteiger partial charge < -0.3 is 24.8 Å². The van der Waals surface area contributed by atoms with E-state index in [4.69, 9.17) is 14.2 Å². The van der Waals surface area contributed by atoms with Crippen molar-refractivity contribution in [1.29, 1.82) is 0 Å². The van der Waals surface area contributed by atoms with Crippen molar-refractivity contribution in [2.24, 2.45) is 0 Å². The molecule has 2 N–H and O–H groups in total. The van der Waals surface area contributed by atoms with Crippen LogP contribution in [0.2, 0.25) is 0 Å². The molecule has 0 bridgehead atoms. The summed E-state index contributed by atoms with van der Waals surface area (Å²) in [5, 5.41) is 5.45. The lowest BCUT2D eigenvalue weighted by molar-refractivity contribution is 0.0927. The highest BCUT2D eigenvalue weighted by Crippen LogP contribution is 2.38. The zero-order valence-electron chi connectivity index (χ0n) is 14.9. The normalized spacial score (nSPS) is 9.96. The van der Waals surface area contributed by atoms with Gasteiger partial charge in [-0.05, 0) is 24.3 Å². The Morgan fingerprint density at radius 1 is 0.846 bits per heavy atom. The van der Waals surface area contributed by atoms with E-state index >= 15 is 0 Å². The van der Waals surface area contributed by atoms with Gasteiger partial charge in [0.1, 0.15) is 0 Å². The van der Waals surface area contributed by atoms with Gasteiger partial charge in [0, 0.05) is 36.6 Å². The smallest absolute Gasteiger partial charge is 0.251 e. The van der Waals surface area contributed by atoms with Crippen molar-refractivity contribution in [2.45, 2.75) is 0 Å². The number of pyridine rings is 1. The lowest BCUT2D eigenvalue weighted by Crippen LogP contribution is -2.34. The van der Waals surface area contributed by atoms with Crippen LogP contribution >= 0.6 is 0 Å². The Hall–Kier alpha value is -3.29. The molecule has 2 aromatic rings. The number of methoxy groups -OCH3 is 3. The largest absolute Gasteiger partial charge is 0.493 e. The van der Waals surface area contributed by atoms with Crippen molar-refractivity contribution in [1.82, 2.24) is 15.6 Å². The summed E-state index contributed by atoms with van der Waals surface area (Å²) in [6, 6.07) is 6.35. The number of benzene rings is 1. The quantitative estimate of drug-likeness (QED) is 0.689. The average Bonchev–Trinajstić information content (AvgIpc) is 2.70. The van der Waals surface area contributed by atoms with Crippen LogP contribution in [0.4, 0.5) is 0 Å². The minimum Gasteiger partial charge on any atom is -0.493 e. The van der Waals surface area contributed by atoms with E-state index in [-0.39, 0.29) is 24.9 Å². The summed E-state index contributed by atoms with van der Waals surface area (Å²) in [7, 11) is 4.45. The third kappa shape index (κ3) is 4.62. The topological polar surface area (TPSA) is 98.8 Å². The lowest BCUT2D eigenvalue weighted by Gasteiger charge is -2.14. The summed E-state index contributed by atoms with van der Waals surface area (Å²) in [5.74, 6) is 0.652. The van der Waals surface area contributed by atoms with Crippen LogP contribution in [0.25, 0.3) is 0 Å². The summed E-state index contributed by atoms with van der Waals surface area (Å²) >= 11 is 0. The standard InChI is InChI=1S/C18H21N3O5/c1-24-14-10-13(11-15(25-2)16(14)26-3)18(23)21-9-8-20-17(22)12-4-6-19-7-5-12/h4-7,10-11H,8-9H2,1-3H3,(H,20,22)(H,21,23). The average molecular weight is 359 g/mol. The Bertz CT molecular complexity index is 740. The number of aromatic nitrogens is 1. The first kappa shape index (κ1) is 19.0. The van der Waals surface area contributed by atoms with E-state index in [2.05, 4.69) is 15.6 Å². The van der Waals surface area contributed by atoms with Crippen LogP contribution in [0.3, 0.4) is 0 Å². The van der Waals surface area contributed by atoms with E-state index in [0.717, 1.165) is 0 Å². The molecule has 0 saturated heterocycles. The molecular formula is C18H21N3O5. The first-order valence-corrected chi connectivity index (χ1v) is 7.87. The van der Waals surface area contributed by atoms with Gasteiger partial charge in [0.25, 0.3) is 11.8 Å². The molecule has 8 heteroatoms.